The molecular weight excluding hydrogens is 406 g/mol. The van der Waals surface area contributed by atoms with Crippen LogP contribution >= 0.6 is 12.2 Å². The largest absolute Gasteiger partial charge is 0.373 e. The van der Waals surface area contributed by atoms with E-state index in [1.165, 1.54) is 24.3 Å². The molecule has 2 aliphatic heterocycles. The fourth-order valence-electron chi connectivity index (χ4n) is 3.88. The van der Waals surface area contributed by atoms with Gasteiger partial charge in [-0.2, -0.15) is 0 Å². The van der Waals surface area contributed by atoms with Gasteiger partial charge in [0.2, 0.25) is 0 Å². The highest BCUT2D eigenvalue weighted by Gasteiger charge is 2.26. The molecule has 1 N–H and O–H groups in total. The first-order chi connectivity index (χ1) is 14.6. The molecule has 0 aromatic heterocycles. The van der Waals surface area contributed by atoms with E-state index in [1.54, 1.807) is 12.1 Å². The van der Waals surface area contributed by atoms with Crippen LogP contribution in [0, 0.1) is 11.6 Å². The van der Waals surface area contributed by atoms with Crippen LogP contribution < -0.4 is 10.2 Å². The summed E-state index contributed by atoms with van der Waals surface area (Å²) in [6.45, 7) is 6.65. The Kier molecular flexibility index (Phi) is 6.76. The molecule has 1 atom stereocenters. The maximum Gasteiger partial charge on any atom is 0.173 e. The number of hydrogen-bond donors (Lipinski definition) is 1. The lowest BCUT2D eigenvalue weighted by atomic mass is 10.2. The van der Waals surface area contributed by atoms with Crippen molar-refractivity contribution >= 4 is 28.7 Å². The van der Waals surface area contributed by atoms with E-state index in [0.717, 1.165) is 57.2 Å². The number of anilines is 2. The molecular formula is C22H26F2N4OS. The Hall–Kier alpha value is -2.29. The van der Waals surface area contributed by atoms with Crippen LogP contribution in [0.15, 0.2) is 48.5 Å². The van der Waals surface area contributed by atoms with Crippen LogP contribution in [0.2, 0.25) is 0 Å². The van der Waals surface area contributed by atoms with Gasteiger partial charge in [-0.15, -0.1) is 0 Å². The van der Waals surface area contributed by atoms with Crippen molar-refractivity contribution in [1.82, 2.24) is 9.80 Å². The third-order valence-corrected chi connectivity index (χ3v) is 5.91. The molecule has 2 heterocycles. The zero-order valence-corrected chi connectivity index (χ0v) is 17.6. The molecule has 0 unspecified atom stereocenters. The number of nitrogens with zero attached hydrogens (tertiary/aromatic N) is 3. The van der Waals surface area contributed by atoms with Gasteiger partial charge in [0.25, 0.3) is 0 Å². The quantitative estimate of drug-likeness (QED) is 0.747. The summed E-state index contributed by atoms with van der Waals surface area (Å²) in [4.78, 5) is 6.80. The van der Waals surface area contributed by atoms with Crippen LogP contribution in [0.3, 0.4) is 0 Å². The minimum absolute atomic E-state index is 0.0871. The smallest absolute Gasteiger partial charge is 0.173 e. The normalized spacial score (nSPS) is 20.3. The summed E-state index contributed by atoms with van der Waals surface area (Å²) in [6, 6.07) is 12.9. The second kappa shape index (κ2) is 9.68. The van der Waals surface area contributed by atoms with E-state index in [9.17, 15) is 8.78 Å². The molecule has 8 heteroatoms. The number of morpholine rings is 1. The minimum atomic E-state index is -0.266. The molecule has 30 heavy (non-hydrogen) atoms. The van der Waals surface area contributed by atoms with E-state index < -0.39 is 0 Å². The fraction of sp³-hybridized carbons (Fsp3) is 0.409. The Morgan fingerprint density at radius 1 is 0.933 bits per heavy atom. The van der Waals surface area contributed by atoms with Crippen LogP contribution in [0.4, 0.5) is 20.2 Å². The van der Waals surface area contributed by atoms with Crippen molar-refractivity contribution in [2.75, 3.05) is 62.6 Å². The van der Waals surface area contributed by atoms with Crippen LogP contribution in [-0.2, 0) is 4.74 Å². The Labute approximate surface area is 181 Å². The van der Waals surface area contributed by atoms with Crippen molar-refractivity contribution in [2.45, 2.75) is 6.10 Å². The summed E-state index contributed by atoms with van der Waals surface area (Å²) >= 11 is 5.54. The molecule has 2 saturated heterocycles. The van der Waals surface area contributed by atoms with E-state index >= 15 is 0 Å². The van der Waals surface area contributed by atoms with Crippen LogP contribution in [0.25, 0.3) is 0 Å². The zero-order chi connectivity index (χ0) is 20.9. The Balaban J connectivity index is 1.24. The number of halogens is 2. The number of thiocarbonyl (C=S) groups is 1. The molecule has 2 aromatic carbocycles. The Morgan fingerprint density at radius 2 is 1.57 bits per heavy atom. The van der Waals surface area contributed by atoms with E-state index in [1.807, 2.05) is 12.1 Å². The summed E-state index contributed by atoms with van der Waals surface area (Å²) < 4.78 is 32.2. The SMILES string of the molecule is Fc1ccc(NC(=S)N2CCO[C@H](CN3CCN(c4ccc(F)cc4)CC3)C2)cc1. The first-order valence-corrected chi connectivity index (χ1v) is 10.6. The fourth-order valence-corrected chi connectivity index (χ4v) is 4.16. The summed E-state index contributed by atoms with van der Waals surface area (Å²) in [5.74, 6) is -0.472. The van der Waals surface area contributed by atoms with Gasteiger partial charge in [-0.05, 0) is 60.7 Å². The van der Waals surface area contributed by atoms with Gasteiger partial charge in [0.1, 0.15) is 11.6 Å². The summed E-state index contributed by atoms with van der Waals surface area (Å²) in [5, 5.41) is 3.81. The molecule has 160 valence electrons. The minimum Gasteiger partial charge on any atom is -0.373 e. The molecule has 0 saturated carbocycles. The standard InChI is InChI=1S/C22H26F2N4OS/c23-17-1-5-19(6-2-17)25-22(30)28-13-14-29-21(16-28)15-26-9-11-27(12-10-26)20-7-3-18(24)4-8-20/h1-8,21H,9-16H2,(H,25,30)/t21-/m1/s1. The van der Waals surface area contributed by atoms with Crippen LogP contribution in [0.1, 0.15) is 0 Å². The van der Waals surface area contributed by atoms with Crippen molar-refractivity contribution in [3.8, 4) is 0 Å². The zero-order valence-electron chi connectivity index (χ0n) is 16.8. The van der Waals surface area contributed by atoms with E-state index in [2.05, 4.69) is 20.0 Å². The Morgan fingerprint density at radius 3 is 2.23 bits per heavy atom. The van der Waals surface area contributed by atoms with Gasteiger partial charge in [0, 0.05) is 57.2 Å². The maximum atomic E-state index is 13.1. The molecule has 0 amide bonds. The molecule has 2 fully saturated rings. The predicted molar refractivity (Wildman–Crippen MR) is 119 cm³/mol. The van der Waals surface area contributed by atoms with Crippen molar-refractivity contribution in [1.29, 1.82) is 0 Å². The number of benzene rings is 2. The number of rotatable bonds is 4. The first-order valence-electron chi connectivity index (χ1n) is 10.2. The van der Waals surface area contributed by atoms with Crippen LogP contribution in [-0.4, -0.2) is 73.4 Å². The van der Waals surface area contributed by atoms with E-state index in [0.29, 0.717) is 11.7 Å². The highest BCUT2D eigenvalue weighted by molar-refractivity contribution is 7.80. The lowest BCUT2D eigenvalue weighted by Gasteiger charge is -2.40. The molecule has 2 aromatic rings. The Bertz CT molecular complexity index is 841. The maximum absolute atomic E-state index is 13.1. The highest BCUT2D eigenvalue weighted by atomic mass is 32.1. The molecule has 2 aliphatic rings. The average Bonchev–Trinajstić information content (AvgIpc) is 2.77. The van der Waals surface area contributed by atoms with Gasteiger partial charge >= 0.3 is 0 Å². The van der Waals surface area contributed by atoms with Crippen LogP contribution in [0.5, 0.6) is 0 Å². The lowest BCUT2D eigenvalue weighted by Crippen LogP contribution is -2.54. The van der Waals surface area contributed by atoms with Crippen molar-refractivity contribution in [3.63, 3.8) is 0 Å². The lowest BCUT2D eigenvalue weighted by molar-refractivity contribution is -0.0236. The molecule has 0 bridgehead atoms. The van der Waals surface area contributed by atoms with Gasteiger partial charge in [-0.3, -0.25) is 4.90 Å². The number of nitrogens with one attached hydrogen (secondary N) is 1. The van der Waals surface area contributed by atoms with Crippen molar-refractivity contribution in [2.24, 2.45) is 0 Å². The molecule has 0 aliphatic carbocycles. The first kappa shape index (κ1) is 21.0. The average molecular weight is 433 g/mol. The number of hydrogen-bond acceptors (Lipinski definition) is 4. The van der Waals surface area contributed by atoms with Gasteiger partial charge in [-0.25, -0.2) is 8.78 Å². The monoisotopic (exact) mass is 432 g/mol. The van der Waals surface area contributed by atoms with Gasteiger partial charge in [0.05, 0.1) is 12.7 Å². The molecule has 0 radical (unpaired) electrons. The van der Waals surface area contributed by atoms with E-state index in [-0.39, 0.29) is 17.7 Å². The van der Waals surface area contributed by atoms with Crippen molar-refractivity contribution < 1.29 is 13.5 Å². The summed E-state index contributed by atoms with van der Waals surface area (Å²) in [7, 11) is 0. The van der Waals surface area contributed by atoms with Gasteiger partial charge in [0.15, 0.2) is 5.11 Å². The molecule has 0 spiro atoms. The predicted octanol–water partition coefficient (Wildman–Crippen LogP) is 3.18. The molecule has 4 rings (SSSR count). The topological polar surface area (TPSA) is 31.0 Å². The van der Waals surface area contributed by atoms with Gasteiger partial charge in [-0.1, -0.05) is 0 Å². The number of ether oxygens (including phenoxy) is 1. The summed E-state index contributed by atoms with van der Waals surface area (Å²) in [5.41, 5.74) is 1.84. The number of piperazine rings is 1. The van der Waals surface area contributed by atoms with Crippen molar-refractivity contribution in [3.05, 3.63) is 60.2 Å². The second-order valence-corrected chi connectivity index (χ2v) is 8.03. The van der Waals surface area contributed by atoms with E-state index in [4.69, 9.17) is 17.0 Å². The third-order valence-electron chi connectivity index (χ3n) is 5.55. The summed E-state index contributed by atoms with van der Waals surface area (Å²) in [6.07, 6.45) is 0.0871. The third kappa shape index (κ3) is 5.44. The molecule has 5 nitrogen and oxygen atoms in total. The second-order valence-electron chi connectivity index (χ2n) is 7.64. The van der Waals surface area contributed by atoms with Gasteiger partial charge < -0.3 is 19.9 Å². The highest BCUT2D eigenvalue weighted by Crippen LogP contribution is 2.18.